The maximum Gasteiger partial charge on any atom is 0.302 e. The second-order valence-electron chi connectivity index (χ2n) is 5.35. The predicted octanol–water partition coefficient (Wildman–Crippen LogP) is 1.10. The molecule has 2 aliphatic heterocycles. The van der Waals surface area contributed by atoms with Crippen molar-refractivity contribution in [3.05, 3.63) is 29.2 Å². The van der Waals surface area contributed by atoms with E-state index in [1.165, 1.54) is 17.0 Å². The highest BCUT2D eigenvalue weighted by atomic mass is 32.3. The van der Waals surface area contributed by atoms with Crippen molar-refractivity contribution in [1.29, 1.82) is 0 Å². The van der Waals surface area contributed by atoms with Crippen molar-refractivity contribution >= 4 is 37.7 Å². The van der Waals surface area contributed by atoms with E-state index in [0.29, 0.717) is 11.3 Å². The highest BCUT2D eigenvalue weighted by Crippen LogP contribution is 2.33. The fourth-order valence-electron chi connectivity index (χ4n) is 2.74. The molecule has 0 aliphatic carbocycles. The van der Waals surface area contributed by atoms with Crippen LogP contribution in [-0.2, 0) is 24.9 Å². The van der Waals surface area contributed by atoms with Crippen molar-refractivity contribution in [2.24, 2.45) is 5.92 Å². The predicted molar refractivity (Wildman–Crippen MR) is 78.0 cm³/mol. The first-order valence-corrected chi connectivity index (χ1v) is 9.55. The Balaban J connectivity index is 1.89. The smallest absolute Gasteiger partial charge is 0.302 e. The molecule has 1 aromatic rings. The van der Waals surface area contributed by atoms with E-state index in [0.717, 1.165) is 5.41 Å². The number of nitrogens with zero attached hydrogens (tertiary/aromatic N) is 1. The molecule has 0 bridgehead atoms. The first-order chi connectivity index (χ1) is 10.2. The van der Waals surface area contributed by atoms with Gasteiger partial charge < -0.3 is 4.90 Å². The van der Waals surface area contributed by atoms with Crippen molar-refractivity contribution < 1.29 is 25.5 Å². The third kappa shape index (κ3) is 2.78. The molecule has 1 saturated heterocycles. The number of anilines is 1. The molecule has 1 atom stereocenters. The number of benzene rings is 1. The normalized spacial score (nSPS) is 23.0. The number of sulfone groups is 1. The summed E-state index contributed by atoms with van der Waals surface area (Å²) in [6.45, 7) is 0.0498. The number of hydrogen-bond donors (Lipinski definition) is 0. The van der Waals surface area contributed by atoms with Gasteiger partial charge in [0.2, 0.25) is 15.7 Å². The summed E-state index contributed by atoms with van der Waals surface area (Å²) in [4.78, 5) is 13.4. The van der Waals surface area contributed by atoms with Gasteiger partial charge in [-0.3, -0.25) is 4.79 Å². The fraction of sp³-hybridized carbons (Fsp3) is 0.308. The van der Waals surface area contributed by atoms with Gasteiger partial charge in [0.15, 0.2) is 0 Å². The molecule has 1 unspecified atom stereocenters. The van der Waals surface area contributed by atoms with Crippen LogP contribution in [0, 0.1) is 5.92 Å². The molecule has 1 amide bonds. The highest BCUT2D eigenvalue weighted by molar-refractivity contribution is 7.94. The molecule has 118 valence electrons. The minimum atomic E-state index is -4.65. The van der Waals surface area contributed by atoms with E-state index in [2.05, 4.69) is 0 Å². The monoisotopic (exact) mass is 345 g/mol. The van der Waals surface area contributed by atoms with E-state index >= 15 is 0 Å². The zero-order valence-corrected chi connectivity index (χ0v) is 12.9. The molecule has 1 aromatic carbocycles. The van der Waals surface area contributed by atoms with Gasteiger partial charge in [-0.1, -0.05) is 6.07 Å². The largest absolute Gasteiger partial charge is 0.312 e. The van der Waals surface area contributed by atoms with Gasteiger partial charge >= 0.3 is 10.2 Å². The first-order valence-electron chi connectivity index (χ1n) is 6.46. The molecule has 1 fully saturated rings. The second-order valence-corrected chi connectivity index (χ2v) is 8.56. The lowest BCUT2D eigenvalue weighted by molar-refractivity contribution is -0.117. The van der Waals surface area contributed by atoms with Gasteiger partial charge in [0, 0.05) is 30.0 Å². The standard InChI is InChI=1S/C13H12FNO5S2/c14-22(19,20)8-9-5-13(16)15(7-9)11-2-1-10-3-4-21(17,18)12(10)6-11/h1-4,6,9H,5,7-8H2. The van der Waals surface area contributed by atoms with Gasteiger partial charge in [0.25, 0.3) is 0 Å². The third-order valence-corrected chi connectivity index (χ3v) is 6.01. The summed E-state index contributed by atoms with van der Waals surface area (Å²) in [6, 6.07) is 4.56. The van der Waals surface area contributed by atoms with Gasteiger partial charge in [-0.05, 0) is 23.8 Å². The molecule has 22 heavy (non-hydrogen) atoms. The fourth-order valence-corrected chi connectivity index (χ4v) is 4.74. The number of fused-ring (bicyclic) bond motifs is 1. The number of hydrogen-bond acceptors (Lipinski definition) is 5. The molecule has 0 saturated carbocycles. The lowest BCUT2D eigenvalue weighted by Gasteiger charge is -2.17. The van der Waals surface area contributed by atoms with Crippen molar-refractivity contribution in [1.82, 2.24) is 0 Å². The van der Waals surface area contributed by atoms with Gasteiger partial charge in [-0.25, -0.2) is 8.42 Å². The number of carbonyl (C=O) groups is 1. The summed E-state index contributed by atoms with van der Waals surface area (Å²) in [5, 5.41) is 1.09. The van der Waals surface area contributed by atoms with E-state index in [1.54, 1.807) is 12.1 Å². The summed E-state index contributed by atoms with van der Waals surface area (Å²) in [5.74, 6) is -1.69. The lowest BCUT2D eigenvalue weighted by Crippen LogP contribution is -2.25. The Bertz CT molecular complexity index is 889. The quantitative estimate of drug-likeness (QED) is 0.765. The Kier molecular flexibility index (Phi) is 3.37. The molecule has 9 heteroatoms. The molecule has 0 spiro atoms. The third-order valence-electron chi connectivity index (χ3n) is 3.68. The van der Waals surface area contributed by atoms with Crippen LogP contribution in [0.1, 0.15) is 12.0 Å². The van der Waals surface area contributed by atoms with Crippen LogP contribution < -0.4 is 4.90 Å². The molecule has 6 nitrogen and oxygen atoms in total. The Morgan fingerprint density at radius 2 is 2.05 bits per heavy atom. The molecule has 0 radical (unpaired) electrons. The lowest BCUT2D eigenvalue weighted by atomic mass is 10.1. The Morgan fingerprint density at radius 3 is 2.73 bits per heavy atom. The van der Waals surface area contributed by atoms with Crippen molar-refractivity contribution in [2.45, 2.75) is 11.3 Å². The summed E-state index contributed by atoms with van der Waals surface area (Å²) in [6.07, 6.45) is 1.39. The number of halogens is 1. The van der Waals surface area contributed by atoms with Crippen molar-refractivity contribution in [3.63, 3.8) is 0 Å². The van der Waals surface area contributed by atoms with Crippen LogP contribution in [0.15, 0.2) is 28.5 Å². The average molecular weight is 345 g/mol. The van der Waals surface area contributed by atoms with Gasteiger partial charge in [-0.2, -0.15) is 8.42 Å². The summed E-state index contributed by atoms with van der Waals surface area (Å²) < 4.78 is 57.8. The molecule has 2 heterocycles. The van der Waals surface area contributed by atoms with Gasteiger partial charge in [-0.15, -0.1) is 3.89 Å². The van der Waals surface area contributed by atoms with Crippen LogP contribution in [-0.4, -0.2) is 35.0 Å². The minimum absolute atomic E-state index is 0.0498. The van der Waals surface area contributed by atoms with Crippen LogP contribution in [0.5, 0.6) is 0 Å². The number of amides is 1. The summed E-state index contributed by atoms with van der Waals surface area (Å²) in [7, 11) is -8.14. The molecule has 0 aromatic heterocycles. The zero-order valence-electron chi connectivity index (χ0n) is 11.3. The number of rotatable bonds is 3. The molecular formula is C13H12FNO5S2. The van der Waals surface area contributed by atoms with Crippen LogP contribution in [0.25, 0.3) is 6.08 Å². The topological polar surface area (TPSA) is 88.6 Å². The highest BCUT2D eigenvalue weighted by Gasteiger charge is 2.34. The van der Waals surface area contributed by atoms with Crippen LogP contribution in [0.2, 0.25) is 0 Å². The number of carbonyl (C=O) groups excluding carboxylic acids is 1. The minimum Gasteiger partial charge on any atom is -0.312 e. The Morgan fingerprint density at radius 1 is 1.32 bits per heavy atom. The van der Waals surface area contributed by atoms with E-state index in [4.69, 9.17) is 0 Å². The van der Waals surface area contributed by atoms with Crippen molar-refractivity contribution in [2.75, 3.05) is 17.2 Å². The molecule has 2 aliphatic rings. The Labute approximate surface area is 127 Å². The van der Waals surface area contributed by atoms with Crippen LogP contribution in [0.3, 0.4) is 0 Å². The summed E-state index contributed by atoms with van der Waals surface area (Å²) >= 11 is 0. The zero-order chi connectivity index (χ0) is 16.1. The first kappa shape index (κ1) is 15.2. The van der Waals surface area contributed by atoms with Crippen LogP contribution >= 0.6 is 0 Å². The average Bonchev–Trinajstić information content (AvgIpc) is 2.88. The summed E-state index contributed by atoms with van der Waals surface area (Å²) in [5.41, 5.74) is 0.910. The molecule has 3 rings (SSSR count). The van der Waals surface area contributed by atoms with Gasteiger partial charge in [0.05, 0.1) is 10.6 Å². The maximum atomic E-state index is 12.7. The van der Waals surface area contributed by atoms with E-state index in [-0.39, 0.29) is 23.8 Å². The molecular weight excluding hydrogens is 333 g/mol. The SMILES string of the molecule is O=C1CC(CS(=O)(=O)F)CN1c1ccc2c(c1)S(=O)(=O)C=C2. The Hall–Kier alpha value is -1.74. The van der Waals surface area contributed by atoms with Gasteiger partial charge in [0.1, 0.15) is 0 Å². The van der Waals surface area contributed by atoms with E-state index in [9.17, 15) is 25.5 Å². The van der Waals surface area contributed by atoms with Crippen LogP contribution in [0.4, 0.5) is 9.57 Å². The maximum absolute atomic E-state index is 12.7. The van der Waals surface area contributed by atoms with Crippen molar-refractivity contribution in [3.8, 4) is 0 Å². The van der Waals surface area contributed by atoms with E-state index in [1.807, 2.05) is 0 Å². The second kappa shape index (κ2) is 4.88. The van der Waals surface area contributed by atoms with E-state index < -0.39 is 31.7 Å². The molecule has 0 N–H and O–H groups in total.